The minimum Gasteiger partial charge on any atom is -0.405 e. The average molecular weight is 484 g/mol. The largest absolute Gasteiger partial charge is 0.573 e. The van der Waals surface area contributed by atoms with Gasteiger partial charge in [-0.2, -0.15) is 10.1 Å². The second-order valence-corrected chi connectivity index (χ2v) is 7.93. The second kappa shape index (κ2) is 8.85. The molecule has 12 heteroatoms. The van der Waals surface area contributed by atoms with Crippen LogP contribution in [0.15, 0.2) is 59.4 Å². The number of likely N-dealkylation sites (tertiary alicyclic amines) is 1. The Morgan fingerprint density at radius 1 is 1.14 bits per heavy atom. The molecule has 1 aromatic carbocycles. The van der Waals surface area contributed by atoms with Gasteiger partial charge in [-0.1, -0.05) is 17.3 Å². The van der Waals surface area contributed by atoms with Crippen LogP contribution in [-0.2, 0) is 0 Å². The van der Waals surface area contributed by atoms with Gasteiger partial charge in [0.1, 0.15) is 11.8 Å². The molecule has 1 unspecified atom stereocenters. The second-order valence-electron chi connectivity index (χ2n) is 7.93. The van der Waals surface area contributed by atoms with Crippen molar-refractivity contribution in [1.29, 1.82) is 0 Å². The molecule has 5 rings (SSSR count). The summed E-state index contributed by atoms with van der Waals surface area (Å²) < 4.78 is 49.5. The van der Waals surface area contributed by atoms with Gasteiger partial charge < -0.3 is 14.2 Å². The Bertz CT molecular complexity index is 1350. The smallest absolute Gasteiger partial charge is 0.405 e. The first-order chi connectivity index (χ1) is 16.8. The fraction of sp³-hybridized carbons (Fsp3) is 0.261. The van der Waals surface area contributed by atoms with E-state index in [1.807, 2.05) is 0 Å². The molecule has 1 fully saturated rings. The van der Waals surface area contributed by atoms with Gasteiger partial charge in [0.25, 0.3) is 5.91 Å². The van der Waals surface area contributed by atoms with Crippen LogP contribution in [0.25, 0.3) is 17.1 Å². The third-order valence-corrected chi connectivity index (χ3v) is 5.56. The topological polar surface area (TPSA) is 99.2 Å². The molecule has 1 aliphatic rings. The number of nitrogens with zero attached hydrogens (tertiary/aromatic N) is 6. The number of benzene rings is 1. The lowest BCUT2D eigenvalue weighted by Gasteiger charge is -2.22. The van der Waals surface area contributed by atoms with Crippen LogP contribution in [0.4, 0.5) is 13.2 Å². The van der Waals surface area contributed by atoms with Crippen molar-refractivity contribution in [3.63, 3.8) is 0 Å². The van der Waals surface area contributed by atoms with E-state index in [4.69, 9.17) is 4.52 Å². The molecule has 1 atom stereocenters. The Hall–Kier alpha value is -4.22. The molecule has 9 nitrogen and oxygen atoms in total. The quantitative estimate of drug-likeness (QED) is 0.411. The van der Waals surface area contributed by atoms with E-state index in [1.54, 1.807) is 53.2 Å². The van der Waals surface area contributed by atoms with E-state index < -0.39 is 18.2 Å². The van der Waals surface area contributed by atoms with Crippen LogP contribution in [0.1, 0.15) is 41.0 Å². The van der Waals surface area contributed by atoms with Crippen LogP contribution in [0.2, 0.25) is 0 Å². The number of hydrogen-bond acceptors (Lipinski definition) is 7. The number of carbonyl (C=O) groups is 1. The van der Waals surface area contributed by atoms with E-state index in [9.17, 15) is 18.0 Å². The number of aromatic nitrogens is 5. The zero-order valence-corrected chi connectivity index (χ0v) is 18.4. The summed E-state index contributed by atoms with van der Waals surface area (Å²) in [6.45, 7) is 2.22. The van der Waals surface area contributed by atoms with Crippen LogP contribution in [0, 0.1) is 6.92 Å². The van der Waals surface area contributed by atoms with Gasteiger partial charge in [-0.25, -0.2) is 9.67 Å². The van der Waals surface area contributed by atoms with Gasteiger partial charge in [-0.15, -0.1) is 13.2 Å². The number of alkyl halides is 3. The summed E-state index contributed by atoms with van der Waals surface area (Å²) in [7, 11) is 0. The Labute approximate surface area is 197 Å². The number of rotatable bonds is 5. The summed E-state index contributed by atoms with van der Waals surface area (Å²) in [5, 5.41) is 8.07. The highest BCUT2D eigenvalue weighted by Gasteiger charge is 2.37. The van der Waals surface area contributed by atoms with Crippen molar-refractivity contribution in [2.24, 2.45) is 0 Å². The zero-order valence-electron chi connectivity index (χ0n) is 18.4. The SMILES string of the molecule is Cc1ccc(-n2cccn2)c(C(=O)N2CCCC2c2nc(-c3ccccc3OC(F)(F)F)no2)n1. The number of halogens is 3. The molecule has 0 N–H and O–H groups in total. The molecule has 35 heavy (non-hydrogen) atoms. The highest BCUT2D eigenvalue weighted by atomic mass is 19.4. The van der Waals surface area contributed by atoms with Crippen molar-refractivity contribution in [2.45, 2.75) is 32.2 Å². The highest BCUT2D eigenvalue weighted by molar-refractivity contribution is 5.96. The predicted molar refractivity (Wildman–Crippen MR) is 116 cm³/mol. The molecule has 4 heterocycles. The Morgan fingerprint density at radius 2 is 1.97 bits per heavy atom. The van der Waals surface area contributed by atoms with E-state index in [2.05, 4.69) is 25.0 Å². The van der Waals surface area contributed by atoms with E-state index in [1.165, 1.54) is 18.2 Å². The van der Waals surface area contributed by atoms with Gasteiger partial charge in [0.05, 0.1) is 11.3 Å². The minimum atomic E-state index is -4.87. The molecule has 0 spiro atoms. The molecule has 1 aliphatic heterocycles. The van der Waals surface area contributed by atoms with Crippen LogP contribution in [-0.4, -0.2) is 48.6 Å². The summed E-state index contributed by atoms with van der Waals surface area (Å²) in [5.41, 5.74) is 1.45. The molecule has 1 amide bonds. The third kappa shape index (κ3) is 4.59. The Balaban J connectivity index is 1.45. The summed E-state index contributed by atoms with van der Waals surface area (Å²) in [5.74, 6) is -0.715. The molecule has 1 saturated heterocycles. The average Bonchev–Trinajstić information content (AvgIpc) is 3.59. The number of carbonyl (C=O) groups excluding carboxylic acids is 1. The lowest BCUT2D eigenvalue weighted by atomic mass is 10.1. The fourth-order valence-electron chi connectivity index (χ4n) is 4.05. The first-order valence-electron chi connectivity index (χ1n) is 10.8. The maximum Gasteiger partial charge on any atom is 0.573 e. The Kier molecular flexibility index (Phi) is 5.71. The summed E-state index contributed by atoms with van der Waals surface area (Å²) in [6, 6.07) is 10.3. The fourth-order valence-corrected chi connectivity index (χ4v) is 4.05. The van der Waals surface area contributed by atoms with E-state index >= 15 is 0 Å². The number of para-hydroxylation sites is 1. The third-order valence-electron chi connectivity index (χ3n) is 5.56. The number of ether oxygens (including phenoxy) is 1. The molecule has 0 radical (unpaired) electrons. The van der Waals surface area contributed by atoms with Gasteiger partial charge in [0.2, 0.25) is 11.7 Å². The van der Waals surface area contributed by atoms with Gasteiger partial charge in [-0.05, 0) is 50.1 Å². The van der Waals surface area contributed by atoms with Crippen molar-refractivity contribution in [1.82, 2.24) is 29.8 Å². The number of pyridine rings is 1. The molecular formula is C23H19F3N6O3. The molecule has 4 aromatic rings. The van der Waals surface area contributed by atoms with Crippen LogP contribution in [0.5, 0.6) is 5.75 Å². The number of amides is 1. The molecule has 0 saturated carbocycles. The van der Waals surface area contributed by atoms with Crippen molar-refractivity contribution in [2.75, 3.05) is 6.54 Å². The van der Waals surface area contributed by atoms with E-state index in [-0.39, 0.29) is 28.9 Å². The van der Waals surface area contributed by atoms with E-state index in [0.29, 0.717) is 30.8 Å². The van der Waals surface area contributed by atoms with Crippen molar-refractivity contribution >= 4 is 5.91 Å². The molecule has 3 aromatic heterocycles. The van der Waals surface area contributed by atoms with Crippen LogP contribution < -0.4 is 4.74 Å². The number of hydrogen-bond donors (Lipinski definition) is 0. The van der Waals surface area contributed by atoms with E-state index in [0.717, 1.165) is 0 Å². The predicted octanol–water partition coefficient (Wildman–Crippen LogP) is 4.50. The zero-order chi connectivity index (χ0) is 24.6. The lowest BCUT2D eigenvalue weighted by Crippen LogP contribution is -2.32. The van der Waals surface area contributed by atoms with Crippen molar-refractivity contribution in [3.05, 3.63) is 72.1 Å². The van der Waals surface area contributed by atoms with Gasteiger partial charge in [-0.3, -0.25) is 4.79 Å². The molecule has 180 valence electrons. The van der Waals surface area contributed by atoms with Crippen molar-refractivity contribution < 1.29 is 27.2 Å². The maximum absolute atomic E-state index is 13.6. The van der Waals surface area contributed by atoms with Crippen molar-refractivity contribution in [3.8, 4) is 22.8 Å². The highest BCUT2D eigenvalue weighted by Crippen LogP contribution is 2.36. The monoisotopic (exact) mass is 484 g/mol. The van der Waals surface area contributed by atoms with Crippen LogP contribution >= 0.6 is 0 Å². The van der Waals surface area contributed by atoms with Gasteiger partial charge in [0, 0.05) is 24.6 Å². The summed E-state index contributed by atoms with van der Waals surface area (Å²) in [6.07, 6.45) is -0.311. The first kappa shape index (κ1) is 22.6. The van der Waals surface area contributed by atoms with Gasteiger partial charge >= 0.3 is 6.36 Å². The summed E-state index contributed by atoms with van der Waals surface area (Å²) in [4.78, 5) is 23.9. The first-order valence-corrected chi connectivity index (χ1v) is 10.8. The molecular weight excluding hydrogens is 465 g/mol. The normalized spacial score (nSPS) is 16.0. The molecule has 0 aliphatic carbocycles. The van der Waals surface area contributed by atoms with Gasteiger partial charge in [0.15, 0.2) is 5.69 Å². The standard InChI is InChI=1S/C23H19F3N6O3/c1-14-9-10-16(32-13-5-11-27-32)19(28-14)22(33)31-12-4-7-17(31)21-29-20(30-35-21)15-6-2-3-8-18(15)34-23(24,25)26/h2-3,5-6,8-11,13,17H,4,7,12H2,1H3. The lowest BCUT2D eigenvalue weighted by molar-refractivity contribution is -0.274. The number of aryl methyl sites for hydroxylation is 1. The minimum absolute atomic E-state index is 0.0250. The molecule has 0 bridgehead atoms. The Morgan fingerprint density at radius 3 is 2.74 bits per heavy atom. The maximum atomic E-state index is 13.6. The van der Waals surface area contributed by atoms with Crippen LogP contribution in [0.3, 0.4) is 0 Å². The summed E-state index contributed by atoms with van der Waals surface area (Å²) >= 11 is 0.